The molecule has 3 aromatic carbocycles. The average Bonchev–Trinajstić information content (AvgIpc) is 4.04. The Balaban J connectivity index is 0.000000245. The van der Waals surface area contributed by atoms with E-state index in [1.807, 2.05) is 29.1 Å². The quantitative estimate of drug-likeness (QED) is 0.224. The molecule has 4 aliphatic rings. The van der Waals surface area contributed by atoms with E-state index in [9.17, 15) is 0 Å². The van der Waals surface area contributed by atoms with Crippen molar-refractivity contribution in [3.63, 3.8) is 0 Å². The molecule has 0 radical (unpaired) electrons. The number of aliphatic imine (C=N–C) groups is 1. The van der Waals surface area contributed by atoms with Crippen LogP contribution < -0.4 is 4.74 Å². The lowest BCUT2D eigenvalue weighted by atomic mass is 9.68. The first kappa shape index (κ1) is 66.2. The SMILES string of the molecule is CC(C)(C)C1C=CSC1C(C)(C)C.CC(C)(C)C1N=CSC1C(C)(C)C.CC(C)(C)C1Oc2ccccc2C1C(C)(C)C.CC(C)(C)C1Sc2ccccc2C1C(C)(C)C.CC(C)(C)c1ccccc1C(C)(C)C. The van der Waals surface area contributed by atoms with E-state index in [-0.39, 0.29) is 33.2 Å². The summed E-state index contributed by atoms with van der Waals surface area (Å²) in [6.07, 6.45) is 2.65. The fraction of sp³-hybridized carbons (Fsp3) is 0.696. The van der Waals surface area contributed by atoms with Crippen LogP contribution in [0.3, 0.4) is 0 Å². The lowest BCUT2D eigenvalue weighted by molar-refractivity contribution is 0.0517. The van der Waals surface area contributed by atoms with E-state index < -0.39 is 0 Å². The first-order chi connectivity index (χ1) is 33.1. The Bertz CT molecular complexity index is 2120. The zero-order valence-corrected chi connectivity index (χ0v) is 55.8. The summed E-state index contributed by atoms with van der Waals surface area (Å²) >= 11 is 5.97. The normalized spacial score (nSPS) is 24.2. The van der Waals surface area contributed by atoms with Crippen molar-refractivity contribution < 1.29 is 4.74 Å². The maximum Gasteiger partial charge on any atom is 0.123 e. The highest BCUT2D eigenvalue weighted by Gasteiger charge is 2.48. The third-order valence-electron chi connectivity index (χ3n) is 14.9. The number of hydrogen-bond donors (Lipinski definition) is 0. The van der Waals surface area contributed by atoms with Crippen LogP contribution in [0.25, 0.3) is 0 Å². The summed E-state index contributed by atoms with van der Waals surface area (Å²) < 4.78 is 6.21. The van der Waals surface area contributed by atoms with Gasteiger partial charge < -0.3 is 4.74 Å². The molecule has 0 saturated heterocycles. The number of thioether (sulfide) groups is 3. The summed E-state index contributed by atoms with van der Waals surface area (Å²) in [5.74, 6) is 2.92. The van der Waals surface area contributed by atoms with Crippen LogP contribution in [0.2, 0.25) is 0 Å². The first-order valence-electron chi connectivity index (χ1n) is 28.2. The summed E-state index contributed by atoms with van der Waals surface area (Å²) in [5.41, 5.74) is 10.9. The Hall–Kier alpha value is -2.08. The van der Waals surface area contributed by atoms with Crippen LogP contribution in [0.1, 0.15) is 242 Å². The molecule has 0 aromatic heterocycles. The van der Waals surface area contributed by atoms with Crippen LogP contribution in [0.4, 0.5) is 0 Å². The van der Waals surface area contributed by atoms with E-state index in [1.54, 1.807) is 5.56 Å². The molecule has 8 unspecified atom stereocenters. The van der Waals surface area contributed by atoms with Crippen molar-refractivity contribution in [3.05, 3.63) is 107 Å². The smallest absolute Gasteiger partial charge is 0.123 e. The zero-order chi connectivity index (χ0) is 57.2. The molecule has 3 aromatic rings. The van der Waals surface area contributed by atoms with Crippen molar-refractivity contribution in [2.75, 3.05) is 0 Å². The second-order valence-corrected chi connectivity index (χ2v) is 36.0. The molecule has 0 bridgehead atoms. The van der Waals surface area contributed by atoms with Crippen LogP contribution in [0, 0.1) is 49.2 Å². The molecular weight excluding hydrogens is 955 g/mol. The van der Waals surface area contributed by atoms with E-state index in [0.29, 0.717) is 55.5 Å². The third kappa shape index (κ3) is 18.2. The van der Waals surface area contributed by atoms with Crippen molar-refractivity contribution in [1.29, 1.82) is 0 Å². The molecule has 0 saturated carbocycles. The standard InChI is InChI=1S/C16H24O.C16H24S.C14H22.C12H22S.C11H21NS/c2*1-15(2,3)13-11-9-7-8-10-12(11)17-14(13)16(4,5)6;1-13(2,3)11-9-7-8-10-12(11)14(4,5)6;1-11(2,3)9-7-8-13-10(9)12(4,5)6;1-10(2,3)8-9(11(4,5)6)13-7-12-8/h2*7-10,13-14H,1-6H3;7-10H,1-6H3;7-10H,1-6H3;7-9H,1-6H3. The maximum atomic E-state index is 6.21. The number of para-hydroxylation sites is 1. The largest absolute Gasteiger partial charge is 0.489 e. The van der Waals surface area contributed by atoms with E-state index >= 15 is 0 Å². The van der Waals surface area contributed by atoms with Crippen molar-refractivity contribution in [3.8, 4) is 5.75 Å². The van der Waals surface area contributed by atoms with Crippen LogP contribution in [-0.2, 0) is 10.8 Å². The Morgan fingerprint density at radius 2 is 0.824 bits per heavy atom. The van der Waals surface area contributed by atoms with E-state index in [0.717, 1.165) is 16.9 Å². The highest BCUT2D eigenvalue weighted by Crippen LogP contribution is 2.58. The Labute approximate surface area is 472 Å². The minimum absolute atomic E-state index is 0.164. The van der Waals surface area contributed by atoms with E-state index in [1.165, 1.54) is 21.6 Å². The number of rotatable bonds is 0. The Morgan fingerprint density at radius 3 is 1.20 bits per heavy atom. The van der Waals surface area contributed by atoms with Gasteiger partial charge in [0.25, 0.3) is 0 Å². The highest BCUT2D eigenvalue weighted by atomic mass is 32.2. The molecule has 7 rings (SSSR count). The number of hydrogen-bond acceptors (Lipinski definition) is 5. The van der Waals surface area contributed by atoms with Gasteiger partial charge in [0.2, 0.25) is 0 Å². The second kappa shape index (κ2) is 24.1. The van der Waals surface area contributed by atoms with Gasteiger partial charge in [-0.05, 0) is 94.3 Å². The molecule has 2 nitrogen and oxygen atoms in total. The monoisotopic (exact) mass is 1070 g/mol. The van der Waals surface area contributed by atoms with E-state index in [4.69, 9.17) is 4.74 Å². The molecule has 0 N–H and O–H groups in total. The average molecular weight is 1070 g/mol. The summed E-state index contributed by atoms with van der Waals surface area (Å²) in [5, 5.41) is 4.34. The molecule has 0 spiro atoms. The first-order valence-corrected chi connectivity index (χ1v) is 31.0. The predicted octanol–water partition coefficient (Wildman–Crippen LogP) is 22.2. The molecule has 4 aliphatic heterocycles. The molecule has 5 heteroatoms. The molecule has 418 valence electrons. The van der Waals surface area contributed by atoms with Gasteiger partial charge in [-0.15, -0.1) is 35.3 Å². The molecule has 0 aliphatic carbocycles. The van der Waals surface area contributed by atoms with Gasteiger partial charge in [-0.3, -0.25) is 4.99 Å². The van der Waals surface area contributed by atoms with Gasteiger partial charge in [-0.25, -0.2) is 0 Å². The summed E-state index contributed by atoms with van der Waals surface area (Å²) in [6.45, 7) is 69.4. The lowest BCUT2D eigenvalue weighted by Gasteiger charge is -2.39. The van der Waals surface area contributed by atoms with Gasteiger partial charge >= 0.3 is 0 Å². The lowest BCUT2D eigenvalue weighted by Crippen LogP contribution is -2.39. The highest BCUT2D eigenvalue weighted by molar-refractivity contribution is 8.13. The summed E-state index contributed by atoms with van der Waals surface area (Å²) in [6, 6.07) is 26.7. The van der Waals surface area contributed by atoms with Gasteiger partial charge in [0.05, 0.1) is 11.6 Å². The van der Waals surface area contributed by atoms with E-state index in [2.05, 4.69) is 309 Å². The predicted molar refractivity (Wildman–Crippen MR) is 340 cm³/mol. The van der Waals surface area contributed by atoms with Gasteiger partial charge in [0.15, 0.2) is 0 Å². The Kier molecular flexibility index (Phi) is 21.6. The molecule has 4 heterocycles. The van der Waals surface area contributed by atoms with Gasteiger partial charge in [-0.2, -0.15) is 0 Å². The van der Waals surface area contributed by atoms with Gasteiger partial charge in [-0.1, -0.05) is 274 Å². The van der Waals surface area contributed by atoms with Gasteiger partial charge in [0, 0.05) is 38.0 Å². The third-order valence-corrected chi connectivity index (χ3v) is 19.9. The molecular formula is C69H113NOS3. The fourth-order valence-corrected chi connectivity index (χ4v) is 15.7. The van der Waals surface area contributed by atoms with Crippen LogP contribution in [-0.4, -0.2) is 33.4 Å². The topological polar surface area (TPSA) is 21.6 Å². The van der Waals surface area contributed by atoms with Crippen LogP contribution in [0.5, 0.6) is 5.75 Å². The van der Waals surface area contributed by atoms with Gasteiger partial charge in [0.1, 0.15) is 11.9 Å². The molecule has 74 heavy (non-hydrogen) atoms. The minimum Gasteiger partial charge on any atom is -0.489 e. The fourth-order valence-electron chi connectivity index (χ4n) is 11.0. The molecule has 0 amide bonds. The van der Waals surface area contributed by atoms with Crippen molar-refractivity contribution in [2.24, 2.45) is 54.2 Å². The molecule has 0 fully saturated rings. The Morgan fingerprint density at radius 1 is 0.392 bits per heavy atom. The maximum absolute atomic E-state index is 6.21. The second-order valence-electron chi connectivity index (χ2n) is 32.7. The van der Waals surface area contributed by atoms with Crippen LogP contribution in [0.15, 0.2) is 94.2 Å². The van der Waals surface area contributed by atoms with Crippen molar-refractivity contribution >= 4 is 40.8 Å². The number of nitrogens with zero attached hydrogens (tertiary/aromatic N) is 1. The number of benzene rings is 3. The number of fused-ring (bicyclic) bond motifs is 2. The summed E-state index contributed by atoms with van der Waals surface area (Å²) in [4.78, 5) is 6.09. The number of ether oxygens (including phenoxy) is 1. The summed E-state index contributed by atoms with van der Waals surface area (Å²) in [7, 11) is 0. The van der Waals surface area contributed by atoms with Crippen molar-refractivity contribution in [2.45, 2.75) is 263 Å². The minimum atomic E-state index is 0.164. The number of allylic oxidation sites excluding steroid dienone is 1. The van der Waals surface area contributed by atoms with Crippen molar-refractivity contribution in [1.82, 2.24) is 0 Å². The molecule has 8 atom stereocenters. The zero-order valence-electron chi connectivity index (χ0n) is 53.4. The van der Waals surface area contributed by atoms with Crippen LogP contribution >= 0.6 is 35.3 Å².